The molecule has 1 rings (SSSR count). The molecule has 0 bridgehead atoms. The average Bonchev–Trinajstić information content (AvgIpc) is 2.52. The van der Waals surface area contributed by atoms with E-state index >= 15 is 0 Å². The predicted octanol–water partition coefficient (Wildman–Crippen LogP) is 3.10. The number of rotatable bonds is 8. The van der Waals surface area contributed by atoms with Crippen LogP contribution in [-0.2, 0) is 6.54 Å². The van der Waals surface area contributed by atoms with Crippen LogP contribution in [0.15, 0.2) is 23.4 Å². The summed E-state index contributed by atoms with van der Waals surface area (Å²) in [5.74, 6) is 0.149. The Bertz CT molecular complexity index is 476. The van der Waals surface area contributed by atoms with Gasteiger partial charge in [-0.1, -0.05) is 31.1 Å². The van der Waals surface area contributed by atoms with Crippen molar-refractivity contribution in [2.45, 2.75) is 44.9 Å². The van der Waals surface area contributed by atoms with Crippen LogP contribution in [0.25, 0.3) is 0 Å². The smallest absolute Gasteiger partial charge is 0.170 e. The van der Waals surface area contributed by atoms with Crippen LogP contribution in [0.4, 0.5) is 0 Å². The minimum Gasteiger partial charge on any atom is -0.409 e. The van der Waals surface area contributed by atoms with Gasteiger partial charge in [-0.3, -0.25) is 0 Å². The summed E-state index contributed by atoms with van der Waals surface area (Å²) in [6.07, 6.45) is 4.52. The summed E-state index contributed by atoms with van der Waals surface area (Å²) < 4.78 is 0.321. The molecule has 0 aliphatic heterocycles. The number of amidine groups is 1. The van der Waals surface area contributed by atoms with E-state index in [2.05, 4.69) is 30.6 Å². The Morgan fingerprint density at radius 3 is 2.52 bits per heavy atom. The van der Waals surface area contributed by atoms with Crippen molar-refractivity contribution in [2.75, 3.05) is 12.8 Å². The molecule has 1 aromatic rings. The Balaban J connectivity index is 2.68. The second kappa shape index (κ2) is 8.29. The number of oxime groups is 1. The zero-order valence-corrected chi connectivity index (χ0v) is 14.3. The fraction of sp³-hybridized carbons (Fsp3) is 0.562. The number of aryl methyl sites for hydroxylation is 1. The third kappa shape index (κ3) is 4.64. The van der Waals surface area contributed by atoms with Crippen molar-refractivity contribution in [3.8, 4) is 0 Å². The minimum atomic E-state index is 0.149. The number of nitrogens with one attached hydrogen (secondary N) is 1. The maximum Gasteiger partial charge on any atom is 0.170 e. The second-order valence-corrected chi connectivity index (χ2v) is 6.60. The monoisotopic (exact) mass is 309 g/mol. The van der Waals surface area contributed by atoms with E-state index in [4.69, 9.17) is 10.9 Å². The van der Waals surface area contributed by atoms with E-state index < -0.39 is 0 Å². The summed E-state index contributed by atoms with van der Waals surface area (Å²) in [5.41, 5.74) is 8.75. The molecule has 0 heterocycles. The molecule has 0 aliphatic carbocycles. The Labute approximate surface area is 132 Å². The molecule has 4 nitrogen and oxygen atoms in total. The van der Waals surface area contributed by atoms with Gasteiger partial charge in [0.05, 0.1) is 0 Å². The lowest BCUT2D eigenvalue weighted by Gasteiger charge is -2.30. The molecule has 0 saturated carbocycles. The highest BCUT2D eigenvalue weighted by atomic mass is 32.2. The molecular formula is C16H27N3OS. The Morgan fingerprint density at radius 2 is 2.05 bits per heavy atom. The van der Waals surface area contributed by atoms with Gasteiger partial charge in [0.2, 0.25) is 0 Å². The first-order chi connectivity index (χ1) is 10.0. The molecule has 0 fully saturated rings. The van der Waals surface area contributed by atoms with E-state index in [0.717, 1.165) is 24.2 Å². The Hall–Kier alpha value is -1.20. The standard InChI is InChI=1S/C16H27N3OS/c1-5-16(6-2,21-4)11-18-10-14-8-7-13(9-12(14)3)15(17)19-20/h7-9,18,20H,5-6,10-11H2,1-4H3,(H2,17,19). The first-order valence-corrected chi connectivity index (χ1v) is 8.57. The molecule has 0 unspecified atom stereocenters. The van der Waals surface area contributed by atoms with E-state index in [1.54, 1.807) is 0 Å². The fourth-order valence-corrected chi connectivity index (χ4v) is 3.22. The maximum absolute atomic E-state index is 8.71. The van der Waals surface area contributed by atoms with Crippen LogP contribution in [0.5, 0.6) is 0 Å². The number of hydrogen-bond acceptors (Lipinski definition) is 4. The number of hydrogen-bond donors (Lipinski definition) is 3. The average molecular weight is 309 g/mol. The van der Waals surface area contributed by atoms with Crippen molar-refractivity contribution in [3.05, 3.63) is 34.9 Å². The number of benzene rings is 1. The van der Waals surface area contributed by atoms with Crippen molar-refractivity contribution >= 4 is 17.6 Å². The fourth-order valence-electron chi connectivity index (χ4n) is 2.40. The number of thioether (sulfide) groups is 1. The second-order valence-electron chi connectivity index (χ2n) is 5.32. The predicted molar refractivity (Wildman–Crippen MR) is 92.2 cm³/mol. The number of nitrogens with two attached hydrogens (primary N) is 1. The van der Waals surface area contributed by atoms with Gasteiger partial charge in [0, 0.05) is 23.4 Å². The summed E-state index contributed by atoms with van der Waals surface area (Å²) in [4.78, 5) is 0. The third-order valence-corrected chi connectivity index (χ3v) is 5.82. The van der Waals surface area contributed by atoms with Gasteiger partial charge in [-0.2, -0.15) is 11.8 Å². The van der Waals surface area contributed by atoms with Crippen LogP contribution >= 0.6 is 11.8 Å². The maximum atomic E-state index is 8.71. The van der Waals surface area contributed by atoms with Gasteiger partial charge in [-0.05, 0) is 43.2 Å². The summed E-state index contributed by atoms with van der Waals surface area (Å²) >= 11 is 1.94. The zero-order chi connectivity index (χ0) is 15.9. The van der Waals surface area contributed by atoms with Gasteiger partial charge in [-0.15, -0.1) is 0 Å². The summed E-state index contributed by atoms with van der Waals surface area (Å²) in [5, 5.41) is 15.3. The van der Waals surface area contributed by atoms with E-state index in [-0.39, 0.29) is 5.84 Å². The number of nitrogens with zero attached hydrogens (tertiary/aromatic N) is 1. The molecule has 0 saturated heterocycles. The molecule has 0 atom stereocenters. The summed E-state index contributed by atoms with van der Waals surface area (Å²) in [7, 11) is 0. The lowest BCUT2D eigenvalue weighted by Crippen LogP contribution is -2.36. The lowest BCUT2D eigenvalue weighted by atomic mass is 10.0. The molecule has 0 aliphatic rings. The molecule has 21 heavy (non-hydrogen) atoms. The highest BCUT2D eigenvalue weighted by Gasteiger charge is 2.24. The van der Waals surface area contributed by atoms with Crippen molar-refractivity contribution in [3.63, 3.8) is 0 Å². The van der Waals surface area contributed by atoms with Crippen molar-refractivity contribution in [1.82, 2.24) is 5.32 Å². The Morgan fingerprint density at radius 1 is 1.38 bits per heavy atom. The summed E-state index contributed by atoms with van der Waals surface area (Å²) in [6, 6.07) is 5.88. The van der Waals surface area contributed by atoms with E-state index in [1.165, 1.54) is 18.4 Å². The van der Waals surface area contributed by atoms with Crippen molar-refractivity contribution < 1.29 is 5.21 Å². The third-order valence-electron chi connectivity index (χ3n) is 4.23. The van der Waals surface area contributed by atoms with E-state index in [1.807, 2.05) is 36.9 Å². The molecule has 0 spiro atoms. The van der Waals surface area contributed by atoms with Gasteiger partial charge in [0.25, 0.3) is 0 Å². The quantitative estimate of drug-likeness (QED) is 0.299. The van der Waals surface area contributed by atoms with Crippen LogP contribution in [0.1, 0.15) is 43.4 Å². The highest BCUT2D eigenvalue weighted by Crippen LogP contribution is 2.29. The lowest BCUT2D eigenvalue weighted by molar-refractivity contribution is 0.318. The van der Waals surface area contributed by atoms with Gasteiger partial charge in [0.1, 0.15) is 0 Å². The zero-order valence-electron chi connectivity index (χ0n) is 13.4. The van der Waals surface area contributed by atoms with Crippen molar-refractivity contribution in [2.24, 2.45) is 10.9 Å². The molecule has 0 amide bonds. The van der Waals surface area contributed by atoms with Crippen LogP contribution in [0, 0.1) is 6.92 Å². The van der Waals surface area contributed by atoms with Crippen LogP contribution in [-0.4, -0.2) is 28.6 Å². The normalized spacial score (nSPS) is 12.7. The first kappa shape index (κ1) is 17.9. The topological polar surface area (TPSA) is 70.6 Å². The minimum absolute atomic E-state index is 0.149. The van der Waals surface area contributed by atoms with Crippen LogP contribution in [0.2, 0.25) is 0 Å². The molecule has 118 valence electrons. The van der Waals surface area contributed by atoms with Gasteiger partial charge in [-0.25, -0.2) is 0 Å². The molecule has 4 N–H and O–H groups in total. The highest BCUT2D eigenvalue weighted by molar-refractivity contribution is 8.00. The van der Waals surface area contributed by atoms with Gasteiger partial charge >= 0.3 is 0 Å². The van der Waals surface area contributed by atoms with E-state index in [0.29, 0.717) is 4.75 Å². The van der Waals surface area contributed by atoms with Crippen LogP contribution < -0.4 is 11.1 Å². The van der Waals surface area contributed by atoms with Crippen LogP contribution in [0.3, 0.4) is 0 Å². The van der Waals surface area contributed by atoms with E-state index in [9.17, 15) is 0 Å². The first-order valence-electron chi connectivity index (χ1n) is 7.35. The molecular weight excluding hydrogens is 282 g/mol. The molecule has 1 aromatic carbocycles. The van der Waals surface area contributed by atoms with Gasteiger partial charge < -0.3 is 16.3 Å². The van der Waals surface area contributed by atoms with Gasteiger partial charge in [0.15, 0.2) is 5.84 Å². The largest absolute Gasteiger partial charge is 0.409 e. The molecule has 0 radical (unpaired) electrons. The molecule has 0 aromatic heterocycles. The summed E-state index contributed by atoms with van der Waals surface area (Å²) in [6.45, 7) is 8.39. The SMILES string of the molecule is CCC(CC)(CNCc1ccc(/C(N)=N/O)cc1C)SC. The Kier molecular flexibility index (Phi) is 7.05. The van der Waals surface area contributed by atoms with Crippen molar-refractivity contribution in [1.29, 1.82) is 0 Å². The molecule has 5 heteroatoms.